The number of ether oxygens (including phenoxy) is 1. The van der Waals surface area contributed by atoms with Crippen LogP contribution in [0.3, 0.4) is 0 Å². The van der Waals surface area contributed by atoms with Gasteiger partial charge in [0, 0.05) is 38.6 Å². The summed E-state index contributed by atoms with van der Waals surface area (Å²) in [5.74, 6) is 1.23. The number of amides is 1. The lowest BCUT2D eigenvalue weighted by atomic mass is 10.1. The summed E-state index contributed by atoms with van der Waals surface area (Å²) < 4.78 is 7.44. The van der Waals surface area contributed by atoms with Gasteiger partial charge in [-0.2, -0.15) is 10.1 Å². The van der Waals surface area contributed by atoms with Gasteiger partial charge in [-0.05, 0) is 26.7 Å². The average Bonchev–Trinajstić information content (AvgIpc) is 3.15. The Hall–Kier alpha value is -2.68. The molecule has 0 bridgehead atoms. The van der Waals surface area contributed by atoms with Gasteiger partial charge in [0.15, 0.2) is 5.82 Å². The lowest BCUT2D eigenvalue weighted by Crippen LogP contribution is -2.44. The van der Waals surface area contributed by atoms with E-state index in [4.69, 9.17) is 4.74 Å². The zero-order chi connectivity index (χ0) is 19.0. The van der Waals surface area contributed by atoms with Crippen molar-refractivity contribution < 1.29 is 9.53 Å². The number of anilines is 3. The van der Waals surface area contributed by atoms with Crippen molar-refractivity contribution >= 4 is 23.4 Å². The van der Waals surface area contributed by atoms with Crippen LogP contribution in [-0.2, 0) is 16.1 Å². The third kappa shape index (κ3) is 3.46. The van der Waals surface area contributed by atoms with E-state index in [-0.39, 0.29) is 11.9 Å². The number of fused-ring (bicyclic) bond motifs is 1. The van der Waals surface area contributed by atoms with E-state index in [9.17, 15) is 4.79 Å². The number of nitrogens with one attached hydrogen (secondary N) is 2. The molecule has 4 heterocycles. The molecule has 2 aromatic heterocycles. The van der Waals surface area contributed by atoms with Crippen molar-refractivity contribution in [3.05, 3.63) is 23.7 Å². The van der Waals surface area contributed by atoms with Crippen LogP contribution in [0, 0.1) is 6.92 Å². The quantitative estimate of drug-likeness (QED) is 0.844. The van der Waals surface area contributed by atoms with Gasteiger partial charge in [-0.15, -0.1) is 0 Å². The fraction of sp³-hybridized carbons (Fsp3) is 0.556. The Kier molecular flexibility index (Phi) is 4.69. The monoisotopic (exact) mass is 371 g/mol. The molecule has 144 valence electrons. The molecule has 0 unspecified atom stereocenters. The van der Waals surface area contributed by atoms with Crippen LogP contribution in [0.15, 0.2) is 12.4 Å². The van der Waals surface area contributed by atoms with Gasteiger partial charge in [-0.25, -0.2) is 4.98 Å². The first kappa shape index (κ1) is 17.7. The number of carbonyl (C=O) groups excluding carboxylic acids is 1. The van der Waals surface area contributed by atoms with Crippen molar-refractivity contribution in [2.45, 2.75) is 45.3 Å². The summed E-state index contributed by atoms with van der Waals surface area (Å²) in [5, 5.41) is 10.7. The fourth-order valence-corrected chi connectivity index (χ4v) is 3.42. The van der Waals surface area contributed by atoms with Crippen LogP contribution in [0.2, 0.25) is 0 Å². The summed E-state index contributed by atoms with van der Waals surface area (Å²) in [7, 11) is 1.87. The number of aromatic nitrogens is 4. The maximum atomic E-state index is 12.0. The molecular formula is C18H25N7O2. The Balaban J connectivity index is 1.47. The highest BCUT2D eigenvalue weighted by Gasteiger charge is 2.30. The molecular weight excluding hydrogens is 346 g/mol. The second-order valence-corrected chi connectivity index (χ2v) is 7.13. The molecule has 2 aliphatic heterocycles. The lowest BCUT2D eigenvalue weighted by Gasteiger charge is -2.32. The Labute approximate surface area is 158 Å². The van der Waals surface area contributed by atoms with Gasteiger partial charge in [0.2, 0.25) is 11.9 Å². The maximum Gasteiger partial charge on any atom is 0.246 e. The van der Waals surface area contributed by atoms with Gasteiger partial charge in [0.25, 0.3) is 0 Å². The second kappa shape index (κ2) is 7.15. The predicted molar refractivity (Wildman–Crippen MR) is 102 cm³/mol. The molecule has 0 aliphatic carbocycles. The minimum atomic E-state index is -0.266. The van der Waals surface area contributed by atoms with Crippen LogP contribution in [0.25, 0.3) is 0 Å². The van der Waals surface area contributed by atoms with Gasteiger partial charge < -0.3 is 20.3 Å². The molecule has 1 fully saturated rings. The summed E-state index contributed by atoms with van der Waals surface area (Å²) in [6.07, 6.45) is 5.95. The highest BCUT2D eigenvalue weighted by molar-refractivity contribution is 6.03. The molecule has 0 radical (unpaired) electrons. The fourth-order valence-electron chi connectivity index (χ4n) is 3.42. The molecule has 1 saturated heterocycles. The van der Waals surface area contributed by atoms with Gasteiger partial charge in [0.05, 0.1) is 17.9 Å². The molecule has 1 atom stereocenters. The second-order valence-electron chi connectivity index (χ2n) is 7.13. The van der Waals surface area contributed by atoms with E-state index in [0.29, 0.717) is 24.2 Å². The predicted octanol–water partition coefficient (Wildman–Crippen LogP) is 1.72. The molecule has 2 aliphatic rings. The number of aryl methyl sites for hydroxylation is 1. The van der Waals surface area contributed by atoms with E-state index in [0.717, 1.165) is 43.1 Å². The van der Waals surface area contributed by atoms with Gasteiger partial charge in [-0.1, -0.05) is 0 Å². The van der Waals surface area contributed by atoms with Crippen LogP contribution < -0.4 is 15.5 Å². The first-order valence-electron chi connectivity index (χ1n) is 9.30. The highest BCUT2D eigenvalue weighted by Crippen LogP contribution is 2.32. The molecule has 1 amide bonds. The van der Waals surface area contributed by atoms with E-state index >= 15 is 0 Å². The standard InChI is InChI=1S/C18H25N7O2/c1-11-15-16(24(3)12(2)17(26)22-15)23-18(21-11)19-8-13-9-20-25(10-13)14-4-6-27-7-5-14/h9-10,12,14H,4-8H2,1-3H3,(H,22,26)(H,19,21,23)/t12-/m0/s1. The topological polar surface area (TPSA) is 97.2 Å². The molecule has 2 N–H and O–H groups in total. The molecule has 9 nitrogen and oxygen atoms in total. The van der Waals surface area contributed by atoms with E-state index in [1.807, 2.05) is 36.7 Å². The first-order valence-corrected chi connectivity index (χ1v) is 9.30. The van der Waals surface area contributed by atoms with Crippen molar-refractivity contribution in [1.29, 1.82) is 0 Å². The lowest BCUT2D eigenvalue weighted by molar-refractivity contribution is -0.117. The SMILES string of the molecule is Cc1nc(NCc2cnn(C3CCOCC3)c2)nc2c1NC(=O)[C@H](C)N2C. The smallest absolute Gasteiger partial charge is 0.246 e. The Morgan fingerprint density at radius 2 is 2.11 bits per heavy atom. The van der Waals surface area contributed by atoms with Crippen LogP contribution in [0.1, 0.15) is 37.1 Å². The molecule has 2 aromatic rings. The highest BCUT2D eigenvalue weighted by atomic mass is 16.5. The van der Waals surface area contributed by atoms with E-state index in [1.54, 1.807) is 0 Å². The molecule has 9 heteroatoms. The minimum Gasteiger partial charge on any atom is -0.381 e. The van der Waals surface area contributed by atoms with Crippen molar-refractivity contribution in [3.8, 4) is 0 Å². The molecule has 0 aromatic carbocycles. The van der Waals surface area contributed by atoms with Crippen LogP contribution >= 0.6 is 0 Å². The number of hydrogen-bond donors (Lipinski definition) is 2. The Bertz CT molecular complexity index is 844. The number of carbonyl (C=O) groups is 1. The van der Waals surface area contributed by atoms with E-state index in [2.05, 4.69) is 31.9 Å². The van der Waals surface area contributed by atoms with Crippen LogP contribution in [0.5, 0.6) is 0 Å². The number of rotatable bonds is 4. The van der Waals surface area contributed by atoms with E-state index < -0.39 is 0 Å². The van der Waals surface area contributed by atoms with Crippen molar-refractivity contribution in [2.75, 3.05) is 35.8 Å². The summed E-state index contributed by atoms with van der Waals surface area (Å²) >= 11 is 0. The Morgan fingerprint density at radius 3 is 2.89 bits per heavy atom. The number of hydrogen-bond acceptors (Lipinski definition) is 7. The van der Waals surface area contributed by atoms with Gasteiger partial charge in [-0.3, -0.25) is 9.48 Å². The van der Waals surface area contributed by atoms with Crippen molar-refractivity contribution in [3.63, 3.8) is 0 Å². The zero-order valence-electron chi connectivity index (χ0n) is 15.9. The summed E-state index contributed by atoms with van der Waals surface area (Å²) in [5.41, 5.74) is 2.50. The molecule has 0 spiro atoms. The number of likely N-dealkylation sites (N-methyl/N-ethyl adjacent to an activating group) is 1. The van der Waals surface area contributed by atoms with Crippen LogP contribution in [-0.4, -0.2) is 52.0 Å². The van der Waals surface area contributed by atoms with Gasteiger partial charge >= 0.3 is 0 Å². The van der Waals surface area contributed by atoms with Crippen molar-refractivity contribution in [2.24, 2.45) is 0 Å². The van der Waals surface area contributed by atoms with E-state index in [1.165, 1.54) is 0 Å². The molecule has 0 saturated carbocycles. The Morgan fingerprint density at radius 1 is 1.33 bits per heavy atom. The first-order chi connectivity index (χ1) is 13.0. The maximum absolute atomic E-state index is 12.0. The third-order valence-corrected chi connectivity index (χ3v) is 5.28. The molecule has 4 rings (SSSR count). The molecule has 27 heavy (non-hydrogen) atoms. The average molecular weight is 371 g/mol. The largest absolute Gasteiger partial charge is 0.381 e. The third-order valence-electron chi connectivity index (χ3n) is 5.28. The summed E-state index contributed by atoms with van der Waals surface area (Å²) in [4.78, 5) is 23.0. The summed E-state index contributed by atoms with van der Waals surface area (Å²) in [6, 6.07) is 0.144. The minimum absolute atomic E-state index is 0.0436. The van der Waals surface area contributed by atoms with Gasteiger partial charge in [0.1, 0.15) is 11.7 Å². The zero-order valence-corrected chi connectivity index (χ0v) is 15.9. The summed E-state index contributed by atoms with van der Waals surface area (Å²) in [6.45, 7) is 5.91. The van der Waals surface area contributed by atoms with Crippen LogP contribution in [0.4, 0.5) is 17.5 Å². The van der Waals surface area contributed by atoms with Crippen molar-refractivity contribution in [1.82, 2.24) is 19.7 Å². The number of nitrogens with zero attached hydrogens (tertiary/aromatic N) is 5. The normalized spacial score (nSPS) is 20.3.